The molecule has 1 aromatic heterocycles. The highest BCUT2D eigenvalue weighted by Crippen LogP contribution is 1.91. The summed E-state index contributed by atoms with van der Waals surface area (Å²) in [6, 6.07) is -0.410. The number of carbonyl (C=O) groups excluding carboxylic acids is 2. The second kappa shape index (κ2) is 7.71. The molecule has 0 bridgehead atoms. The first-order valence-corrected chi connectivity index (χ1v) is 5.88. The van der Waals surface area contributed by atoms with Gasteiger partial charge in [-0.15, -0.1) is 5.10 Å². The summed E-state index contributed by atoms with van der Waals surface area (Å²) in [6.45, 7) is 0.787. The number of carboxylic acid groups (broad SMARTS) is 1. The molecule has 20 heavy (non-hydrogen) atoms. The molecule has 0 aliphatic rings. The SMILES string of the molecule is CNC(=O)CCNC(=O)NCCn1cc(C(=O)O)nn1. The second-order valence-corrected chi connectivity index (χ2v) is 3.78. The largest absolute Gasteiger partial charge is 0.476 e. The number of hydrogen-bond donors (Lipinski definition) is 4. The first-order chi connectivity index (χ1) is 9.52. The van der Waals surface area contributed by atoms with E-state index in [0.717, 1.165) is 0 Å². The van der Waals surface area contributed by atoms with Gasteiger partial charge in [-0.25, -0.2) is 14.3 Å². The van der Waals surface area contributed by atoms with E-state index in [4.69, 9.17) is 5.11 Å². The van der Waals surface area contributed by atoms with Crippen molar-refractivity contribution in [1.29, 1.82) is 0 Å². The Morgan fingerprint density at radius 1 is 1.30 bits per heavy atom. The van der Waals surface area contributed by atoms with Gasteiger partial charge in [0, 0.05) is 26.6 Å². The average molecular weight is 284 g/mol. The normalized spacial score (nSPS) is 9.85. The van der Waals surface area contributed by atoms with E-state index in [1.807, 2.05) is 0 Å². The van der Waals surface area contributed by atoms with Crippen LogP contribution in [0.25, 0.3) is 0 Å². The van der Waals surface area contributed by atoms with Crippen LogP contribution in [0.4, 0.5) is 4.79 Å². The fraction of sp³-hybridized carbons (Fsp3) is 0.500. The lowest BCUT2D eigenvalue weighted by atomic mass is 10.4. The molecule has 0 saturated heterocycles. The predicted octanol–water partition coefficient (Wildman–Crippen LogP) is -1.59. The van der Waals surface area contributed by atoms with Crippen LogP contribution in [-0.2, 0) is 11.3 Å². The Kier molecular flexibility index (Phi) is 5.94. The molecule has 3 amide bonds. The summed E-state index contributed by atoms with van der Waals surface area (Å²) in [4.78, 5) is 32.8. The van der Waals surface area contributed by atoms with Crippen LogP contribution in [0.15, 0.2) is 6.20 Å². The van der Waals surface area contributed by atoms with Crippen molar-refractivity contribution in [1.82, 2.24) is 30.9 Å². The predicted molar refractivity (Wildman–Crippen MR) is 67.1 cm³/mol. The number of carboxylic acids is 1. The van der Waals surface area contributed by atoms with Gasteiger partial charge in [-0.2, -0.15) is 0 Å². The first kappa shape index (κ1) is 15.4. The van der Waals surface area contributed by atoms with E-state index < -0.39 is 12.0 Å². The molecule has 10 nitrogen and oxygen atoms in total. The van der Waals surface area contributed by atoms with Crippen molar-refractivity contribution >= 4 is 17.9 Å². The third kappa shape index (κ3) is 5.33. The molecule has 0 aliphatic carbocycles. The van der Waals surface area contributed by atoms with Crippen molar-refractivity contribution in [2.45, 2.75) is 13.0 Å². The number of nitrogens with one attached hydrogen (secondary N) is 3. The average Bonchev–Trinajstić information content (AvgIpc) is 2.87. The summed E-state index contributed by atoms with van der Waals surface area (Å²) in [5.74, 6) is -1.31. The molecule has 0 fully saturated rings. The topological polar surface area (TPSA) is 138 Å². The molecule has 1 rings (SSSR count). The van der Waals surface area contributed by atoms with Gasteiger partial charge in [0.25, 0.3) is 0 Å². The number of nitrogens with zero attached hydrogens (tertiary/aromatic N) is 3. The number of rotatable bonds is 7. The van der Waals surface area contributed by atoms with E-state index in [1.54, 1.807) is 0 Å². The Morgan fingerprint density at radius 2 is 2.00 bits per heavy atom. The fourth-order valence-electron chi connectivity index (χ4n) is 1.27. The molecule has 0 aromatic carbocycles. The van der Waals surface area contributed by atoms with E-state index in [1.165, 1.54) is 17.9 Å². The van der Waals surface area contributed by atoms with Crippen molar-refractivity contribution in [2.75, 3.05) is 20.1 Å². The van der Waals surface area contributed by atoms with Crippen LogP contribution in [0.1, 0.15) is 16.9 Å². The van der Waals surface area contributed by atoms with Crippen molar-refractivity contribution < 1.29 is 19.5 Å². The Balaban J connectivity index is 2.18. The smallest absolute Gasteiger partial charge is 0.358 e. The maximum atomic E-state index is 11.3. The van der Waals surface area contributed by atoms with Crippen molar-refractivity contribution in [3.05, 3.63) is 11.9 Å². The van der Waals surface area contributed by atoms with Crippen LogP contribution < -0.4 is 16.0 Å². The number of amides is 3. The molecular weight excluding hydrogens is 268 g/mol. The lowest BCUT2D eigenvalue weighted by Gasteiger charge is -2.06. The van der Waals surface area contributed by atoms with Gasteiger partial charge in [0.15, 0.2) is 5.69 Å². The van der Waals surface area contributed by atoms with Crippen molar-refractivity contribution in [3.8, 4) is 0 Å². The molecule has 1 aromatic rings. The molecule has 0 aliphatic heterocycles. The van der Waals surface area contributed by atoms with Gasteiger partial charge >= 0.3 is 12.0 Å². The van der Waals surface area contributed by atoms with Crippen LogP contribution >= 0.6 is 0 Å². The van der Waals surface area contributed by atoms with E-state index in [-0.39, 0.29) is 31.1 Å². The van der Waals surface area contributed by atoms with E-state index >= 15 is 0 Å². The second-order valence-electron chi connectivity index (χ2n) is 3.78. The summed E-state index contributed by atoms with van der Waals surface area (Å²) in [6.07, 6.45) is 1.47. The number of aromatic carboxylic acids is 1. The number of aromatic nitrogens is 3. The van der Waals surface area contributed by atoms with E-state index in [2.05, 4.69) is 26.3 Å². The van der Waals surface area contributed by atoms with Gasteiger partial charge < -0.3 is 21.1 Å². The Bertz CT molecular complexity index is 486. The maximum absolute atomic E-state index is 11.3. The molecule has 0 atom stereocenters. The molecule has 10 heteroatoms. The molecule has 0 saturated carbocycles. The fourth-order valence-corrected chi connectivity index (χ4v) is 1.27. The molecule has 0 spiro atoms. The van der Waals surface area contributed by atoms with Gasteiger partial charge in [0.05, 0.1) is 12.7 Å². The van der Waals surface area contributed by atoms with Gasteiger partial charge in [-0.05, 0) is 0 Å². The minimum Gasteiger partial charge on any atom is -0.476 e. The summed E-state index contributed by atoms with van der Waals surface area (Å²) < 4.78 is 1.31. The number of hydrogen-bond acceptors (Lipinski definition) is 5. The van der Waals surface area contributed by atoms with Gasteiger partial charge in [-0.3, -0.25) is 4.79 Å². The van der Waals surface area contributed by atoms with Gasteiger partial charge in [0.2, 0.25) is 5.91 Å². The molecule has 4 N–H and O–H groups in total. The summed E-state index contributed by atoms with van der Waals surface area (Å²) in [7, 11) is 1.52. The van der Waals surface area contributed by atoms with Crippen molar-refractivity contribution in [2.24, 2.45) is 0 Å². The zero-order valence-electron chi connectivity index (χ0n) is 10.9. The molecule has 0 radical (unpaired) electrons. The van der Waals surface area contributed by atoms with E-state index in [0.29, 0.717) is 6.54 Å². The van der Waals surface area contributed by atoms with Crippen LogP contribution in [0.2, 0.25) is 0 Å². The lowest BCUT2D eigenvalue weighted by Crippen LogP contribution is -2.38. The Hall–Kier alpha value is -2.65. The summed E-state index contributed by atoms with van der Waals surface area (Å²) in [5.41, 5.74) is -0.153. The summed E-state index contributed by atoms with van der Waals surface area (Å²) in [5, 5.41) is 23.2. The maximum Gasteiger partial charge on any atom is 0.358 e. The third-order valence-electron chi connectivity index (χ3n) is 2.30. The van der Waals surface area contributed by atoms with Crippen LogP contribution in [0, 0.1) is 0 Å². The molecule has 0 unspecified atom stereocenters. The molecular formula is C10H16N6O4. The minimum absolute atomic E-state index is 0.153. The summed E-state index contributed by atoms with van der Waals surface area (Å²) >= 11 is 0. The lowest BCUT2D eigenvalue weighted by molar-refractivity contribution is -0.120. The highest BCUT2D eigenvalue weighted by Gasteiger charge is 2.08. The highest BCUT2D eigenvalue weighted by atomic mass is 16.4. The monoisotopic (exact) mass is 284 g/mol. The highest BCUT2D eigenvalue weighted by molar-refractivity contribution is 5.84. The Morgan fingerprint density at radius 3 is 2.60 bits per heavy atom. The molecule has 110 valence electrons. The van der Waals surface area contributed by atoms with Crippen molar-refractivity contribution in [3.63, 3.8) is 0 Å². The number of carbonyl (C=O) groups is 3. The zero-order chi connectivity index (χ0) is 15.0. The van der Waals surface area contributed by atoms with E-state index in [9.17, 15) is 14.4 Å². The zero-order valence-corrected chi connectivity index (χ0v) is 10.9. The standard InChI is InChI=1S/C10H16N6O4/c1-11-8(17)2-3-12-10(20)13-4-5-16-6-7(9(18)19)14-15-16/h6H,2-5H2,1H3,(H,11,17)(H,18,19)(H2,12,13,20). The third-order valence-corrected chi connectivity index (χ3v) is 2.30. The Labute approximate surface area is 114 Å². The van der Waals surface area contributed by atoms with Crippen LogP contribution in [0.5, 0.6) is 0 Å². The van der Waals surface area contributed by atoms with Gasteiger partial charge in [0.1, 0.15) is 0 Å². The first-order valence-electron chi connectivity index (χ1n) is 5.88. The van der Waals surface area contributed by atoms with Crippen LogP contribution in [0.3, 0.4) is 0 Å². The minimum atomic E-state index is -1.16. The quantitative estimate of drug-likeness (QED) is 0.476. The van der Waals surface area contributed by atoms with Crippen LogP contribution in [-0.4, -0.2) is 58.1 Å². The van der Waals surface area contributed by atoms with Gasteiger partial charge in [-0.1, -0.05) is 5.21 Å². The number of urea groups is 1. The molecule has 1 heterocycles.